The van der Waals surface area contributed by atoms with Gasteiger partial charge in [0.2, 0.25) is 0 Å². The number of aromatic nitrogens is 2. The molecule has 2 heterocycles. The van der Waals surface area contributed by atoms with Crippen molar-refractivity contribution in [2.24, 2.45) is 0 Å². The highest BCUT2D eigenvalue weighted by Crippen LogP contribution is 2.34. The lowest BCUT2D eigenvalue weighted by Gasteiger charge is -2.09. The molecule has 0 radical (unpaired) electrons. The number of aromatic amines is 1. The topological polar surface area (TPSA) is 96.2 Å². The quantitative estimate of drug-likeness (QED) is 0.513. The van der Waals surface area contributed by atoms with Crippen LogP contribution in [0.5, 0.6) is 5.75 Å². The number of aromatic hydroxyl groups is 1. The molecule has 2 N–H and O–H groups in total. The zero-order valence-corrected chi connectivity index (χ0v) is 14.2. The van der Waals surface area contributed by atoms with E-state index in [0.29, 0.717) is 0 Å². The summed E-state index contributed by atoms with van der Waals surface area (Å²) in [5.74, 6) is -1.05. The molecule has 0 unspecified atom stereocenters. The monoisotopic (exact) mass is 384 g/mol. The predicted molar refractivity (Wildman–Crippen MR) is 98.4 cm³/mol. The molecule has 0 saturated carbocycles. The van der Waals surface area contributed by atoms with Crippen LogP contribution in [-0.2, 0) is 0 Å². The van der Waals surface area contributed by atoms with Crippen LogP contribution < -0.4 is 11.3 Å². The van der Waals surface area contributed by atoms with Crippen molar-refractivity contribution in [1.29, 1.82) is 0 Å². The van der Waals surface area contributed by atoms with Gasteiger partial charge in [0.25, 0.3) is 0 Å². The van der Waals surface area contributed by atoms with Crippen molar-refractivity contribution in [3.8, 4) is 28.3 Å². The van der Waals surface area contributed by atoms with E-state index < -0.39 is 17.1 Å². The second kappa shape index (κ2) is 6.37. The molecule has 8 heteroatoms. The van der Waals surface area contributed by atoms with Crippen LogP contribution in [0.15, 0.2) is 62.5 Å². The maximum absolute atomic E-state index is 14.2. The molecule has 134 valence electrons. The van der Waals surface area contributed by atoms with Gasteiger partial charge in [-0.1, -0.05) is 29.8 Å². The smallest absolute Gasteiger partial charge is 0.349 e. The van der Waals surface area contributed by atoms with Crippen LogP contribution in [0, 0.1) is 5.82 Å². The van der Waals surface area contributed by atoms with Gasteiger partial charge in [0.05, 0.1) is 27.4 Å². The zero-order chi connectivity index (χ0) is 19.1. The van der Waals surface area contributed by atoms with Crippen molar-refractivity contribution in [1.82, 2.24) is 9.97 Å². The van der Waals surface area contributed by atoms with Gasteiger partial charge in [0.15, 0.2) is 0 Å². The SMILES string of the molecule is O=c1nc(-c2c(O)c3ccccc3oc2=O)cc(-c2c(F)cccc2Cl)[nH]1. The van der Waals surface area contributed by atoms with E-state index in [0.717, 1.165) is 0 Å². The molecule has 0 atom stereocenters. The Morgan fingerprint density at radius 1 is 1.07 bits per heavy atom. The van der Waals surface area contributed by atoms with Crippen molar-refractivity contribution in [2.75, 3.05) is 0 Å². The standard InChI is InChI=1S/C19H10ClFN2O4/c20-10-5-3-6-11(21)15(10)12-8-13(23-19(26)22-12)16-17(24)9-4-1-2-7-14(9)27-18(16)25/h1-8,24H,(H,22,23,26). The van der Waals surface area contributed by atoms with Crippen molar-refractivity contribution in [3.63, 3.8) is 0 Å². The summed E-state index contributed by atoms with van der Waals surface area (Å²) < 4.78 is 19.4. The van der Waals surface area contributed by atoms with Gasteiger partial charge in [0, 0.05) is 0 Å². The number of halogens is 2. The Morgan fingerprint density at radius 3 is 2.63 bits per heavy atom. The number of para-hydroxylation sites is 1. The summed E-state index contributed by atoms with van der Waals surface area (Å²) in [6, 6.07) is 11.7. The molecule has 0 aliphatic heterocycles. The first-order valence-corrected chi connectivity index (χ1v) is 8.14. The summed E-state index contributed by atoms with van der Waals surface area (Å²) in [5.41, 5.74) is -2.03. The van der Waals surface area contributed by atoms with Gasteiger partial charge in [-0.25, -0.2) is 14.0 Å². The molecule has 0 amide bonds. The fourth-order valence-corrected chi connectivity index (χ4v) is 3.10. The Kier molecular flexibility index (Phi) is 4.01. The van der Waals surface area contributed by atoms with Gasteiger partial charge in [-0.3, -0.25) is 0 Å². The average molecular weight is 385 g/mol. The molecule has 4 rings (SSSR count). The van der Waals surface area contributed by atoms with E-state index in [1.54, 1.807) is 18.2 Å². The lowest BCUT2D eigenvalue weighted by molar-refractivity contribution is 0.471. The summed E-state index contributed by atoms with van der Waals surface area (Å²) in [7, 11) is 0. The fraction of sp³-hybridized carbons (Fsp3) is 0. The number of nitrogens with zero attached hydrogens (tertiary/aromatic N) is 1. The van der Waals surface area contributed by atoms with Crippen LogP contribution >= 0.6 is 11.6 Å². The highest BCUT2D eigenvalue weighted by Gasteiger charge is 2.20. The average Bonchev–Trinajstić information content (AvgIpc) is 2.61. The first-order chi connectivity index (χ1) is 13.0. The van der Waals surface area contributed by atoms with Crippen molar-refractivity contribution >= 4 is 22.6 Å². The Bertz CT molecular complexity index is 1290. The molecule has 0 spiro atoms. The summed E-state index contributed by atoms with van der Waals surface area (Å²) in [4.78, 5) is 30.5. The van der Waals surface area contributed by atoms with Gasteiger partial charge < -0.3 is 14.5 Å². The van der Waals surface area contributed by atoms with Crippen molar-refractivity contribution < 1.29 is 13.9 Å². The summed E-state index contributed by atoms with van der Waals surface area (Å²) in [6.45, 7) is 0. The third kappa shape index (κ3) is 2.88. The summed E-state index contributed by atoms with van der Waals surface area (Å²) >= 11 is 6.04. The number of benzene rings is 2. The van der Waals surface area contributed by atoms with Crippen LogP contribution in [0.25, 0.3) is 33.5 Å². The largest absolute Gasteiger partial charge is 0.506 e. The Hall–Kier alpha value is -3.45. The predicted octanol–water partition coefficient (Wildman–Crippen LogP) is 3.71. The minimum atomic E-state index is -0.880. The molecule has 27 heavy (non-hydrogen) atoms. The maximum Gasteiger partial charge on any atom is 0.349 e. The van der Waals surface area contributed by atoms with Gasteiger partial charge in [0.1, 0.15) is 22.7 Å². The molecule has 2 aromatic carbocycles. The number of hydrogen-bond donors (Lipinski definition) is 2. The molecule has 0 bridgehead atoms. The van der Waals surface area contributed by atoms with Crippen LogP contribution in [0.4, 0.5) is 4.39 Å². The van der Waals surface area contributed by atoms with E-state index >= 15 is 0 Å². The third-order valence-electron chi connectivity index (χ3n) is 4.02. The Morgan fingerprint density at radius 2 is 1.85 bits per heavy atom. The number of rotatable bonds is 2. The molecular formula is C19H10ClFN2O4. The van der Waals surface area contributed by atoms with Gasteiger partial charge in [-0.05, 0) is 30.3 Å². The Balaban J connectivity index is 2.02. The minimum Gasteiger partial charge on any atom is -0.506 e. The minimum absolute atomic E-state index is 0.0139. The molecule has 6 nitrogen and oxygen atoms in total. The molecule has 0 aliphatic carbocycles. The van der Waals surface area contributed by atoms with E-state index in [9.17, 15) is 19.1 Å². The van der Waals surface area contributed by atoms with Crippen LogP contribution in [0.3, 0.4) is 0 Å². The van der Waals surface area contributed by atoms with Crippen molar-refractivity contribution in [2.45, 2.75) is 0 Å². The number of H-pyrrole nitrogens is 1. The van der Waals surface area contributed by atoms with E-state index in [-0.39, 0.29) is 44.3 Å². The third-order valence-corrected chi connectivity index (χ3v) is 4.33. The zero-order valence-electron chi connectivity index (χ0n) is 13.5. The van der Waals surface area contributed by atoms with Gasteiger partial charge in [-0.15, -0.1) is 0 Å². The van der Waals surface area contributed by atoms with E-state index in [2.05, 4.69) is 9.97 Å². The molecule has 4 aromatic rings. The first-order valence-electron chi connectivity index (χ1n) is 7.76. The molecule has 0 aliphatic rings. The van der Waals surface area contributed by atoms with E-state index in [1.807, 2.05) is 0 Å². The molecule has 2 aromatic heterocycles. The van der Waals surface area contributed by atoms with E-state index in [1.165, 1.54) is 30.3 Å². The first kappa shape index (κ1) is 17.0. The van der Waals surface area contributed by atoms with Gasteiger partial charge in [-0.2, -0.15) is 4.98 Å². The number of fused-ring (bicyclic) bond motifs is 1. The molecule has 0 saturated heterocycles. The summed E-state index contributed by atoms with van der Waals surface area (Å²) in [6.07, 6.45) is 0. The Labute approximate surface area is 155 Å². The fourth-order valence-electron chi connectivity index (χ4n) is 2.83. The molecular weight excluding hydrogens is 375 g/mol. The summed E-state index contributed by atoms with van der Waals surface area (Å²) in [5, 5.41) is 10.9. The maximum atomic E-state index is 14.2. The highest BCUT2D eigenvalue weighted by atomic mass is 35.5. The van der Waals surface area contributed by atoms with Crippen LogP contribution in [0.2, 0.25) is 5.02 Å². The van der Waals surface area contributed by atoms with Crippen LogP contribution in [0.1, 0.15) is 0 Å². The highest BCUT2D eigenvalue weighted by molar-refractivity contribution is 6.33. The lowest BCUT2D eigenvalue weighted by Crippen LogP contribution is -2.15. The van der Waals surface area contributed by atoms with Crippen molar-refractivity contribution in [3.05, 3.63) is 80.3 Å². The molecule has 0 fully saturated rings. The van der Waals surface area contributed by atoms with Crippen LogP contribution in [-0.4, -0.2) is 15.1 Å². The lowest BCUT2D eigenvalue weighted by atomic mass is 10.1. The second-order valence-electron chi connectivity index (χ2n) is 5.69. The second-order valence-corrected chi connectivity index (χ2v) is 6.10. The van der Waals surface area contributed by atoms with E-state index in [4.69, 9.17) is 16.0 Å². The van der Waals surface area contributed by atoms with Gasteiger partial charge >= 0.3 is 11.3 Å². The number of hydrogen-bond acceptors (Lipinski definition) is 5. The normalized spacial score (nSPS) is 11.0. The number of nitrogens with one attached hydrogen (secondary N) is 1.